The minimum atomic E-state index is -1.28. The second-order valence-corrected chi connectivity index (χ2v) is 5.66. The van der Waals surface area contributed by atoms with Crippen molar-refractivity contribution in [2.75, 3.05) is 0 Å². The van der Waals surface area contributed by atoms with Crippen molar-refractivity contribution in [2.45, 2.75) is 13.5 Å². The maximum atomic E-state index is 14.1. The smallest absolute Gasteiger partial charge is 0.273 e. The van der Waals surface area contributed by atoms with Crippen molar-refractivity contribution in [3.8, 4) is 17.1 Å². The number of aryl methyl sites for hydroxylation is 1. The SMILES string of the molecule is Cc1ccc(-c2noc(COc3ccc(F)c(C(N)=O)c3F)n2)cc1[N+](=O)[O-]. The number of benzene rings is 2. The monoisotopic (exact) mass is 390 g/mol. The van der Waals surface area contributed by atoms with Crippen LogP contribution in [0.1, 0.15) is 21.8 Å². The molecule has 1 heterocycles. The lowest BCUT2D eigenvalue weighted by Gasteiger charge is -2.07. The summed E-state index contributed by atoms with van der Waals surface area (Å²) < 4.78 is 37.7. The summed E-state index contributed by atoms with van der Waals surface area (Å²) in [6.07, 6.45) is 0. The molecule has 3 aromatic rings. The molecule has 3 rings (SSSR count). The fraction of sp³-hybridized carbons (Fsp3) is 0.118. The van der Waals surface area contributed by atoms with Crippen LogP contribution in [0, 0.1) is 28.7 Å². The summed E-state index contributed by atoms with van der Waals surface area (Å²) in [5.41, 5.74) is 4.73. The first-order valence-corrected chi connectivity index (χ1v) is 7.76. The Labute approximate surface area is 155 Å². The van der Waals surface area contributed by atoms with E-state index in [1.807, 2.05) is 0 Å². The highest BCUT2D eigenvalue weighted by Crippen LogP contribution is 2.26. The zero-order chi connectivity index (χ0) is 20.4. The number of nitro groups is 1. The van der Waals surface area contributed by atoms with Gasteiger partial charge in [-0.15, -0.1) is 0 Å². The van der Waals surface area contributed by atoms with Gasteiger partial charge in [0.05, 0.1) is 4.92 Å². The summed E-state index contributed by atoms with van der Waals surface area (Å²) in [7, 11) is 0. The summed E-state index contributed by atoms with van der Waals surface area (Å²) in [6, 6.07) is 6.24. The Hall–Kier alpha value is -3.89. The highest BCUT2D eigenvalue weighted by atomic mass is 19.1. The number of nitrogens with zero attached hydrogens (tertiary/aromatic N) is 3. The Morgan fingerprint density at radius 1 is 1.32 bits per heavy atom. The van der Waals surface area contributed by atoms with Gasteiger partial charge in [-0.25, -0.2) is 8.78 Å². The Balaban J connectivity index is 1.80. The predicted molar refractivity (Wildman–Crippen MR) is 90.3 cm³/mol. The van der Waals surface area contributed by atoms with Crippen molar-refractivity contribution < 1.29 is 27.8 Å². The molecular weight excluding hydrogens is 378 g/mol. The third-order valence-electron chi connectivity index (χ3n) is 3.79. The molecule has 0 atom stereocenters. The number of ether oxygens (including phenoxy) is 1. The van der Waals surface area contributed by atoms with Gasteiger partial charge < -0.3 is 15.0 Å². The Morgan fingerprint density at radius 3 is 2.75 bits per heavy atom. The number of nitro benzene ring substituents is 1. The van der Waals surface area contributed by atoms with Crippen LogP contribution in [-0.2, 0) is 6.61 Å². The molecule has 0 aliphatic rings. The fourth-order valence-electron chi connectivity index (χ4n) is 2.39. The van der Waals surface area contributed by atoms with E-state index in [-0.39, 0.29) is 24.0 Å². The topological polar surface area (TPSA) is 134 Å². The lowest BCUT2D eigenvalue weighted by atomic mass is 10.1. The van der Waals surface area contributed by atoms with Crippen LogP contribution < -0.4 is 10.5 Å². The number of carbonyl (C=O) groups excluding carboxylic acids is 1. The van der Waals surface area contributed by atoms with E-state index in [4.69, 9.17) is 15.0 Å². The van der Waals surface area contributed by atoms with Crippen LogP contribution in [0.5, 0.6) is 5.75 Å². The van der Waals surface area contributed by atoms with Crippen molar-refractivity contribution in [3.05, 3.63) is 69.1 Å². The summed E-state index contributed by atoms with van der Waals surface area (Å²) in [6.45, 7) is 1.21. The molecule has 0 aliphatic carbocycles. The Morgan fingerprint density at radius 2 is 2.07 bits per heavy atom. The summed E-state index contributed by atoms with van der Waals surface area (Å²) in [5, 5.41) is 14.7. The molecule has 0 saturated heterocycles. The van der Waals surface area contributed by atoms with E-state index >= 15 is 0 Å². The first-order chi connectivity index (χ1) is 13.3. The minimum Gasteiger partial charge on any atom is -0.481 e. The number of carbonyl (C=O) groups is 1. The normalized spacial score (nSPS) is 10.7. The van der Waals surface area contributed by atoms with E-state index < -0.39 is 33.8 Å². The van der Waals surface area contributed by atoms with E-state index in [2.05, 4.69) is 10.1 Å². The molecule has 0 unspecified atom stereocenters. The van der Waals surface area contributed by atoms with Gasteiger partial charge in [0.25, 0.3) is 17.5 Å². The molecule has 1 amide bonds. The lowest BCUT2D eigenvalue weighted by molar-refractivity contribution is -0.385. The van der Waals surface area contributed by atoms with Crippen molar-refractivity contribution >= 4 is 11.6 Å². The number of aromatic nitrogens is 2. The fourth-order valence-corrected chi connectivity index (χ4v) is 2.39. The maximum Gasteiger partial charge on any atom is 0.273 e. The first-order valence-electron chi connectivity index (χ1n) is 7.76. The largest absolute Gasteiger partial charge is 0.481 e. The summed E-state index contributed by atoms with van der Waals surface area (Å²) in [4.78, 5) is 25.6. The molecule has 0 aliphatic heterocycles. The number of nitrogens with two attached hydrogens (primary N) is 1. The standard InChI is InChI=1S/C17H12F2N4O5/c1-8-2-3-9(6-11(8)23(25)26)17-21-13(28-22-17)7-27-12-5-4-10(18)14(15(12)19)16(20)24/h2-6H,7H2,1H3,(H2,20,24). The minimum absolute atomic E-state index is 0.0671. The average molecular weight is 390 g/mol. The third-order valence-corrected chi connectivity index (χ3v) is 3.79. The number of primary amides is 1. The van der Waals surface area contributed by atoms with Crippen molar-refractivity contribution in [3.63, 3.8) is 0 Å². The number of amides is 1. The summed E-state index contributed by atoms with van der Waals surface area (Å²) in [5.74, 6) is -4.07. The van der Waals surface area contributed by atoms with Gasteiger partial charge in [-0.05, 0) is 19.1 Å². The molecule has 0 bridgehead atoms. The lowest BCUT2D eigenvalue weighted by Crippen LogP contribution is -2.16. The van der Waals surface area contributed by atoms with E-state index in [9.17, 15) is 23.7 Å². The van der Waals surface area contributed by atoms with Gasteiger partial charge in [0, 0.05) is 17.2 Å². The Kier molecular flexibility index (Phi) is 4.98. The molecule has 9 nitrogen and oxygen atoms in total. The first kappa shape index (κ1) is 18.9. The zero-order valence-electron chi connectivity index (χ0n) is 14.3. The van der Waals surface area contributed by atoms with Gasteiger partial charge in [0.2, 0.25) is 5.82 Å². The van der Waals surface area contributed by atoms with Gasteiger partial charge in [-0.2, -0.15) is 4.98 Å². The molecule has 144 valence electrons. The van der Waals surface area contributed by atoms with Crippen LogP contribution in [0.15, 0.2) is 34.9 Å². The number of hydrogen-bond acceptors (Lipinski definition) is 7. The van der Waals surface area contributed by atoms with E-state index in [0.717, 1.165) is 12.1 Å². The molecule has 0 fully saturated rings. The molecule has 0 radical (unpaired) electrons. The van der Waals surface area contributed by atoms with Gasteiger partial charge >= 0.3 is 0 Å². The van der Waals surface area contributed by atoms with Crippen LogP contribution in [0.3, 0.4) is 0 Å². The number of halogens is 2. The molecule has 2 N–H and O–H groups in total. The predicted octanol–water partition coefficient (Wildman–Crippen LogP) is 2.91. The van der Waals surface area contributed by atoms with Gasteiger partial charge in [0.15, 0.2) is 18.2 Å². The Bertz CT molecular complexity index is 1080. The molecule has 0 saturated carbocycles. The molecular formula is C17H12F2N4O5. The quantitative estimate of drug-likeness (QED) is 0.505. The third kappa shape index (κ3) is 3.63. The summed E-state index contributed by atoms with van der Waals surface area (Å²) >= 11 is 0. The van der Waals surface area contributed by atoms with Crippen molar-refractivity contribution in [1.82, 2.24) is 10.1 Å². The zero-order valence-corrected chi connectivity index (χ0v) is 14.3. The maximum absolute atomic E-state index is 14.1. The molecule has 28 heavy (non-hydrogen) atoms. The van der Waals surface area contributed by atoms with E-state index in [1.165, 1.54) is 6.07 Å². The van der Waals surface area contributed by atoms with Crippen LogP contribution in [-0.4, -0.2) is 21.0 Å². The average Bonchev–Trinajstić information content (AvgIpc) is 3.10. The second-order valence-electron chi connectivity index (χ2n) is 5.66. The van der Waals surface area contributed by atoms with Gasteiger partial charge in [-0.1, -0.05) is 17.3 Å². The molecule has 2 aromatic carbocycles. The molecule has 11 heteroatoms. The molecule has 0 spiro atoms. The van der Waals surface area contributed by atoms with Crippen LogP contribution in [0.4, 0.5) is 14.5 Å². The van der Waals surface area contributed by atoms with Crippen LogP contribution >= 0.6 is 0 Å². The van der Waals surface area contributed by atoms with Crippen LogP contribution in [0.2, 0.25) is 0 Å². The second kappa shape index (κ2) is 7.39. The van der Waals surface area contributed by atoms with Crippen molar-refractivity contribution in [1.29, 1.82) is 0 Å². The van der Waals surface area contributed by atoms with Gasteiger partial charge in [0.1, 0.15) is 11.4 Å². The van der Waals surface area contributed by atoms with Crippen LogP contribution in [0.25, 0.3) is 11.4 Å². The number of rotatable bonds is 6. The van der Waals surface area contributed by atoms with Crippen molar-refractivity contribution in [2.24, 2.45) is 5.73 Å². The van der Waals surface area contributed by atoms with E-state index in [1.54, 1.807) is 19.1 Å². The number of hydrogen-bond donors (Lipinski definition) is 1. The van der Waals surface area contributed by atoms with E-state index in [0.29, 0.717) is 11.1 Å². The highest BCUT2D eigenvalue weighted by Gasteiger charge is 2.20. The molecule has 1 aromatic heterocycles. The van der Waals surface area contributed by atoms with Gasteiger partial charge in [-0.3, -0.25) is 14.9 Å². The highest BCUT2D eigenvalue weighted by molar-refractivity contribution is 5.93.